The molecule has 0 radical (unpaired) electrons. The molecule has 0 unspecified atom stereocenters. The van der Waals surface area contributed by atoms with Crippen LogP contribution in [-0.4, -0.2) is 46.7 Å². The highest BCUT2D eigenvalue weighted by Crippen LogP contribution is 2.38. The van der Waals surface area contributed by atoms with E-state index in [1.54, 1.807) is 47.3 Å². The molecule has 0 bridgehead atoms. The van der Waals surface area contributed by atoms with Crippen LogP contribution in [-0.2, 0) is 22.4 Å². The molecule has 2 amide bonds. The van der Waals surface area contributed by atoms with Crippen molar-refractivity contribution in [1.82, 2.24) is 20.8 Å². The molecule has 0 aliphatic heterocycles. The summed E-state index contributed by atoms with van der Waals surface area (Å²) in [4.78, 5) is 31.5. The van der Waals surface area contributed by atoms with Crippen LogP contribution >= 0.6 is 34.9 Å². The number of thiophene rings is 1. The molecule has 2 aromatic carbocycles. The molecule has 0 atom stereocenters. The Labute approximate surface area is 237 Å². The van der Waals surface area contributed by atoms with Gasteiger partial charge in [-0.2, -0.15) is 10.2 Å². The lowest BCUT2D eigenvalue weighted by atomic mass is 10.1. The number of hydrogen-bond donors (Lipinski definition) is 4. The summed E-state index contributed by atoms with van der Waals surface area (Å²) in [6, 6.07) is 15.7. The number of amides is 2. The van der Waals surface area contributed by atoms with E-state index in [0.717, 1.165) is 52.5 Å². The van der Waals surface area contributed by atoms with Gasteiger partial charge in [-0.1, -0.05) is 36.4 Å². The molecular formula is C28H26N6O2S3. The number of carbonyl (C=O) groups is 2. The molecule has 5 rings (SSSR count). The highest BCUT2D eigenvalue weighted by molar-refractivity contribution is 8.02. The number of hydrazone groups is 2. The van der Waals surface area contributed by atoms with Crippen LogP contribution in [0.5, 0.6) is 0 Å². The van der Waals surface area contributed by atoms with E-state index in [1.165, 1.54) is 0 Å². The van der Waals surface area contributed by atoms with Gasteiger partial charge < -0.3 is 9.97 Å². The fraction of sp³-hybridized carbons (Fsp3) is 0.143. The summed E-state index contributed by atoms with van der Waals surface area (Å²) in [6.45, 7) is 0. The van der Waals surface area contributed by atoms with E-state index in [4.69, 9.17) is 0 Å². The van der Waals surface area contributed by atoms with Crippen molar-refractivity contribution in [1.29, 1.82) is 0 Å². The monoisotopic (exact) mass is 574 g/mol. The van der Waals surface area contributed by atoms with Gasteiger partial charge in [-0.25, -0.2) is 10.9 Å². The Morgan fingerprint density at radius 1 is 0.769 bits per heavy atom. The number of aromatic nitrogens is 2. The number of nitrogens with zero attached hydrogens (tertiary/aromatic N) is 2. The maximum absolute atomic E-state index is 12.6. The van der Waals surface area contributed by atoms with Crippen LogP contribution in [0.1, 0.15) is 22.3 Å². The first kappa shape index (κ1) is 26.8. The second-order valence-electron chi connectivity index (χ2n) is 8.57. The molecule has 0 saturated carbocycles. The van der Waals surface area contributed by atoms with Crippen molar-refractivity contribution in [3.63, 3.8) is 0 Å². The summed E-state index contributed by atoms with van der Waals surface area (Å²) in [5.74, 6) is -0.413. The largest absolute Gasteiger partial charge is 0.361 e. The fourth-order valence-electron chi connectivity index (χ4n) is 4.28. The molecule has 5 aromatic rings. The highest BCUT2D eigenvalue weighted by atomic mass is 32.2. The molecule has 11 heteroatoms. The minimum atomic E-state index is -0.207. The quantitative estimate of drug-likeness (QED) is 0.0996. The van der Waals surface area contributed by atoms with Crippen molar-refractivity contribution in [3.05, 3.63) is 83.2 Å². The van der Waals surface area contributed by atoms with Crippen molar-refractivity contribution < 1.29 is 9.59 Å². The standard InChI is InChI=1S/C28H26N6O2S3/c1-37-27-21(15-31-33-25(35)11-17-13-29-23-9-5-3-7-19(17)23)22(28(38-2)39-27)16-32-34-26(36)12-18-14-30-24-10-6-4-8-20(18)24/h3-10,13-16,29-30H,11-12H2,1-2H3,(H,33,35)(H,34,36)/b31-15+,32-16+. The Bertz CT molecular complexity index is 1580. The molecule has 0 spiro atoms. The summed E-state index contributed by atoms with van der Waals surface area (Å²) < 4.78 is 2.08. The minimum absolute atomic E-state index is 0.207. The van der Waals surface area contributed by atoms with Gasteiger partial charge in [0.15, 0.2) is 0 Å². The molecular weight excluding hydrogens is 549 g/mol. The van der Waals surface area contributed by atoms with Crippen LogP contribution in [0.25, 0.3) is 21.8 Å². The SMILES string of the molecule is CSc1sc(SC)c(/C=N/NC(=O)Cc2c[nH]c3ccccc23)c1/C=N/NC(=O)Cc1c[nH]c2ccccc12. The van der Waals surface area contributed by atoms with Gasteiger partial charge in [0.2, 0.25) is 11.8 Å². The van der Waals surface area contributed by atoms with Gasteiger partial charge in [0.05, 0.1) is 33.7 Å². The first-order valence-corrected chi connectivity index (χ1v) is 15.3. The molecule has 39 heavy (non-hydrogen) atoms. The summed E-state index contributed by atoms with van der Waals surface area (Å²) in [7, 11) is 0. The number of para-hydroxylation sites is 2. The van der Waals surface area contributed by atoms with Gasteiger partial charge >= 0.3 is 0 Å². The molecule has 0 aliphatic rings. The minimum Gasteiger partial charge on any atom is -0.361 e. The maximum atomic E-state index is 12.6. The first-order chi connectivity index (χ1) is 19.1. The van der Waals surface area contributed by atoms with Crippen LogP contribution < -0.4 is 10.9 Å². The molecule has 0 aliphatic carbocycles. The number of thioether (sulfide) groups is 2. The third-order valence-corrected chi connectivity index (χ3v) is 9.60. The lowest BCUT2D eigenvalue weighted by Gasteiger charge is -2.02. The van der Waals surface area contributed by atoms with Crippen molar-refractivity contribution in [2.75, 3.05) is 12.5 Å². The zero-order chi connectivity index (χ0) is 27.2. The molecule has 198 valence electrons. The third kappa shape index (κ3) is 6.11. The average Bonchev–Trinajstić information content (AvgIpc) is 3.65. The van der Waals surface area contributed by atoms with Crippen molar-refractivity contribution in [3.8, 4) is 0 Å². The van der Waals surface area contributed by atoms with E-state index in [0.29, 0.717) is 0 Å². The molecule has 8 nitrogen and oxygen atoms in total. The zero-order valence-corrected chi connectivity index (χ0v) is 23.7. The van der Waals surface area contributed by atoms with Crippen LogP contribution in [0.4, 0.5) is 0 Å². The van der Waals surface area contributed by atoms with E-state index in [-0.39, 0.29) is 24.7 Å². The van der Waals surface area contributed by atoms with Crippen molar-refractivity contribution in [2.24, 2.45) is 10.2 Å². The number of fused-ring (bicyclic) bond motifs is 2. The Morgan fingerprint density at radius 3 is 1.64 bits per heavy atom. The van der Waals surface area contributed by atoms with E-state index in [2.05, 4.69) is 31.0 Å². The molecule has 3 heterocycles. The number of benzene rings is 2. The van der Waals surface area contributed by atoms with E-state index < -0.39 is 0 Å². The number of nitrogens with one attached hydrogen (secondary N) is 4. The molecule has 0 saturated heterocycles. The topological polar surface area (TPSA) is 114 Å². The zero-order valence-electron chi connectivity index (χ0n) is 21.3. The number of H-pyrrole nitrogens is 2. The highest BCUT2D eigenvalue weighted by Gasteiger charge is 2.16. The molecule has 0 fully saturated rings. The van der Waals surface area contributed by atoms with Crippen LogP contribution in [0.15, 0.2) is 79.5 Å². The fourth-order valence-corrected chi connectivity index (χ4v) is 7.08. The van der Waals surface area contributed by atoms with Gasteiger partial charge in [0, 0.05) is 45.3 Å². The number of hydrogen-bond acceptors (Lipinski definition) is 7. The van der Waals surface area contributed by atoms with E-state index in [9.17, 15) is 9.59 Å². The van der Waals surface area contributed by atoms with E-state index >= 15 is 0 Å². The third-order valence-electron chi connectivity index (χ3n) is 6.10. The van der Waals surface area contributed by atoms with Gasteiger partial charge in [-0.05, 0) is 35.8 Å². The molecule has 4 N–H and O–H groups in total. The Kier molecular flexibility index (Phi) is 8.50. The Balaban J connectivity index is 1.25. The number of carbonyl (C=O) groups excluding carboxylic acids is 2. The Morgan fingerprint density at radius 2 is 1.21 bits per heavy atom. The van der Waals surface area contributed by atoms with Gasteiger partial charge in [0.1, 0.15) is 0 Å². The number of rotatable bonds is 10. The normalized spacial score (nSPS) is 11.7. The van der Waals surface area contributed by atoms with Gasteiger partial charge in [-0.15, -0.1) is 34.9 Å². The van der Waals surface area contributed by atoms with Crippen LogP contribution in [0.3, 0.4) is 0 Å². The summed E-state index contributed by atoms with van der Waals surface area (Å²) >= 11 is 4.82. The lowest BCUT2D eigenvalue weighted by Crippen LogP contribution is -2.20. The predicted molar refractivity (Wildman–Crippen MR) is 163 cm³/mol. The Hall–Kier alpha value is -3.80. The smallest absolute Gasteiger partial charge is 0.244 e. The maximum Gasteiger partial charge on any atom is 0.244 e. The second kappa shape index (κ2) is 12.4. The average molecular weight is 575 g/mol. The summed E-state index contributed by atoms with van der Waals surface area (Å²) in [6.07, 6.45) is 11.4. The number of aromatic amines is 2. The van der Waals surface area contributed by atoms with Crippen molar-refractivity contribution >= 4 is 80.9 Å². The first-order valence-electron chi connectivity index (χ1n) is 12.1. The molecule has 3 aromatic heterocycles. The van der Waals surface area contributed by atoms with Crippen LogP contribution in [0, 0.1) is 0 Å². The second-order valence-corrected chi connectivity index (χ2v) is 11.7. The van der Waals surface area contributed by atoms with Gasteiger partial charge in [0.25, 0.3) is 0 Å². The van der Waals surface area contributed by atoms with Crippen molar-refractivity contribution in [2.45, 2.75) is 21.3 Å². The van der Waals surface area contributed by atoms with E-state index in [1.807, 2.05) is 73.4 Å². The summed E-state index contributed by atoms with van der Waals surface area (Å²) in [5.41, 5.74) is 10.8. The van der Waals surface area contributed by atoms with Gasteiger partial charge in [-0.3, -0.25) is 9.59 Å². The predicted octanol–water partition coefficient (Wildman–Crippen LogP) is 5.54. The summed E-state index contributed by atoms with van der Waals surface area (Å²) in [5, 5.41) is 10.5. The van der Waals surface area contributed by atoms with Crippen LogP contribution in [0.2, 0.25) is 0 Å². The lowest BCUT2D eigenvalue weighted by molar-refractivity contribution is -0.121.